The van der Waals surface area contributed by atoms with Gasteiger partial charge in [-0.15, -0.1) is 0 Å². The van der Waals surface area contributed by atoms with E-state index in [4.69, 9.17) is 0 Å². The van der Waals surface area contributed by atoms with Crippen LogP contribution in [0.25, 0.3) is 0 Å². The van der Waals surface area contributed by atoms with Crippen molar-refractivity contribution in [2.45, 2.75) is 44.2 Å². The Labute approximate surface area is 68.0 Å². The molecule has 2 atom stereocenters. The molecule has 2 nitrogen and oxygen atoms in total. The van der Waals surface area contributed by atoms with E-state index in [-0.39, 0.29) is 6.10 Å². The van der Waals surface area contributed by atoms with Crippen molar-refractivity contribution < 1.29 is 5.11 Å². The van der Waals surface area contributed by atoms with Gasteiger partial charge in [0, 0.05) is 6.04 Å². The summed E-state index contributed by atoms with van der Waals surface area (Å²) in [5.41, 5.74) is 0. The van der Waals surface area contributed by atoms with E-state index in [9.17, 15) is 5.11 Å². The Balaban J connectivity index is 1.82. The third-order valence-electron chi connectivity index (χ3n) is 3.14. The van der Waals surface area contributed by atoms with E-state index in [1.54, 1.807) is 0 Å². The first-order valence-corrected chi connectivity index (χ1v) is 4.79. The molecule has 11 heavy (non-hydrogen) atoms. The normalized spacial score (nSPS) is 35.2. The lowest BCUT2D eigenvalue weighted by molar-refractivity contribution is 0.0363. The molecule has 2 aliphatic rings. The fourth-order valence-corrected chi connectivity index (χ4v) is 2.11. The predicted octanol–water partition coefficient (Wildman–Crippen LogP) is 0.899. The van der Waals surface area contributed by atoms with Crippen LogP contribution in [-0.2, 0) is 0 Å². The van der Waals surface area contributed by atoms with Crippen LogP contribution in [-0.4, -0.2) is 23.8 Å². The van der Waals surface area contributed by atoms with E-state index in [1.165, 1.54) is 32.1 Å². The lowest BCUT2D eigenvalue weighted by Crippen LogP contribution is -2.42. The van der Waals surface area contributed by atoms with Gasteiger partial charge in [-0.3, -0.25) is 0 Å². The van der Waals surface area contributed by atoms with Crippen molar-refractivity contribution in [1.29, 1.82) is 0 Å². The van der Waals surface area contributed by atoms with Crippen molar-refractivity contribution in [2.75, 3.05) is 6.54 Å². The lowest BCUT2D eigenvalue weighted by atomic mass is 9.78. The van der Waals surface area contributed by atoms with Crippen molar-refractivity contribution in [3.8, 4) is 0 Å². The van der Waals surface area contributed by atoms with Gasteiger partial charge in [-0.25, -0.2) is 0 Å². The van der Waals surface area contributed by atoms with Gasteiger partial charge in [-0.2, -0.15) is 0 Å². The third-order valence-corrected chi connectivity index (χ3v) is 3.14. The first-order chi connectivity index (χ1) is 5.38. The van der Waals surface area contributed by atoms with Crippen LogP contribution in [0, 0.1) is 5.92 Å². The molecule has 64 valence electrons. The third kappa shape index (κ3) is 1.42. The van der Waals surface area contributed by atoms with Gasteiger partial charge in [0.1, 0.15) is 0 Å². The molecule has 1 saturated heterocycles. The molecule has 0 spiro atoms. The Morgan fingerprint density at radius 3 is 2.45 bits per heavy atom. The molecule has 1 heterocycles. The average molecular weight is 155 g/mol. The molecule has 1 saturated carbocycles. The van der Waals surface area contributed by atoms with Crippen LogP contribution < -0.4 is 5.32 Å². The average Bonchev–Trinajstić information content (AvgIpc) is 2.32. The highest BCUT2D eigenvalue weighted by atomic mass is 16.3. The quantitative estimate of drug-likeness (QED) is 0.621. The standard InChI is InChI=1S/C9H17NO/c11-9(7-3-1-4-7)8-5-2-6-10-8/h7-11H,1-6H2/t8-,9?/m0/s1. The number of hydrogen-bond acceptors (Lipinski definition) is 2. The van der Waals surface area contributed by atoms with E-state index >= 15 is 0 Å². The molecule has 0 aromatic rings. The predicted molar refractivity (Wildman–Crippen MR) is 44.4 cm³/mol. The highest BCUT2D eigenvalue weighted by Crippen LogP contribution is 2.32. The Morgan fingerprint density at radius 2 is 2.00 bits per heavy atom. The minimum atomic E-state index is -0.0498. The molecule has 1 aliphatic carbocycles. The molecule has 2 rings (SSSR count). The monoisotopic (exact) mass is 155 g/mol. The summed E-state index contributed by atoms with van der Waals surface area (Å²) in [6.07, 6.45) is 6.20. The van der Waals surface area contributed by atoms with Crippen LogP contribution in [0.3, 0.4) is 0 Å². The van der Waals surface area contributed by atoms with E-state index in [0.717, 1.165) is 6.54 Å². The first kappa shape index (κ1) is 7.56. The van der Waals surface area contributed by atoms with Gasteiger partial charge in [0.25, 0.3) is 0 Å². The van der Waals surface area contributed by atoms with Gasteiger partial charge in [0.2, 0.25) is 0 Å². The summed E-state index contributed by atoms with van der Waals surface area (Å²) in [7, 11) is 0. The topological polar surface area (TPSA) is 32.3 Å². The number of aliphatic hydroxyl groups excluding tert-OH is 1. The van der Waals surface area contributed by atoms with Crippen LogP contribution in [0.2, 0.25) is 0 Å². The van der Waals surface area contributed by atoms with Crippen molar-refractivity contribution in [1.82, 2.24) is 5.32 Å². The molecule has 0 aromatic heterocycles. The molecule has 2 heteroatoms. The maximum absolute atomic E-state index is 9.81. The van der Waals surface area contributed by atoms with Crippen LogP contribution >= 0.6 is 0 Å². The molecule has 0 radical (unpaired) electrons. The van der Waals surface area contributed by atoms with Crippen molar-refractivity contribution in [2.24, 2.45) is 5.92 Å². The molecule has 0 bridgehead atoms. The summed E-state index contributed by atoms with van der Waals surface area (Å²) in [5, 5.41) is 13.2. The largest absolute Gasteiger partial charge is 0.391 e. The highest BCUT2D eigenvalue weighted by Gasteiger charge is 2.32. The molecule has 1 aliphatic heterocycles. The molecular weight excluding hydrogens is 138 g/mol. The van der Waals surface area contributed by atoms with Gasteiger partial charge >= 0.3 is 0 Å². The second-order valence-corrected chi connectivity index (χ2v) is 3.88. The highest BCUT2D eigenvalue weighted by molar-refractivity contribution is 4.88. The van der Waals surface area contributed by atoms with Gasteiger partial charge in [-0.1, -0.05) is 6.42 Å². The van der Waals surface area contributed by atoms with Crippen LogP contribution in [0.1, 0.15) is 32.1 Å². The van der Waals surface area contributed by atoms with Gasteiger partial charge < -0.3 is 10.4 Å². The molecule has 0 amide bonds. The van der Waals surface area contributed by atoms with Crippen LogP contribution in [0.15, 0.2) is 0 Å². The van der Waals surface area contributed by atoms with Crippen LogP contribution in [0.4, 0.5) is 0 Å². The van der Waals surface area contributed by atoms with Crippen molar-refractivity contribution >= 4 is 0 Å². The Morgan fingerprint density at radius 1 is 1.18 bits per heavy atom. The lowest BCUT2D eigenvalue weighted by Gasteiger charge is -2.33. The minimum absolute atomic E-state index is 0.0498. The second kappa shape index (κ2) is 3.11. The first-order valence-electron chi connectivity index (χ1n) is 4.79. The fourth-order valence-electron chi connectivity index (χ4n) is 2.11. The van der Waals surface area contributed by atoms with E-state index in [0.29, 0.717) is 12.0 Å². The Kier molecular flexibility index (Phi) is 2.14. The second-order valence-electron chi connectivity index (χ2n) is 3.88. The number of nitrogens with one attached hydrogen (secondary N) is 1. The SMILES string of the molecule is OC(C1CCC1)[C@@H]1CCCN1. The Bertz CT molecular complexity index is 128. The number of hydrogen-bond donors (Lipinski definition) is 2. The van der Waals surface area contributed by atoms with E-state index in [1.807, 2.05) is 0 Å². The molecule has 2 fully saturated rings. The van der Waals surface area contributed by atoms with Gasteiger partial charge in [-0.05, 0) is 38.1 Å². The maximum Gasteiger partial charge on any atom is 0.0721 e. The summed E-state index contributed by atoms with van der Waals surface area (Å²) in [4.78, 5) is 0. The van der Waals surface area contributed by atoms with E-state index in [2.05, 4.69) is 5.32 Å². The summed E-state index contributed by atoms with van der Waals surface area (Å²) in [6, 6.07) is 0.417. The number of rotatable bonds is 2. The zero-order valence-electron chi connectivity index (χ0n) is 6.92. The van der Waals surface area contributed by atoms with Gasteiger partial charge in [0.05, 0.1) is 6.10 Å². The van der Waals surface area contributed by atoms with Crippen molar-refractivity contribution in [3.63, 3.8) is 0 Å². The van der Waals surface area contributed by atoms with Gasteiger partial charge in [0.15, 0.2) is 0 Å². The van der Waals surface area contributed by atoms with Crippen LogP contribution in [0.5, 0.6) is 0 Å². The molecule has 0 aromatic carbocycles. The summed E-state index contributed by atoms with van der Waals surface area (Å²) < 4.78 is 0. The molecule has 2 N–H and O–H groups in total. The number of aliphatic hydroxyl groups is 1. The zero-order chi connectivity index (χ0) is 7.68. The zero-order valence-corrected chi connectivity index (χ0v) is 6.92. The molecular formula is C9H17NO. The fraction of sp³-hybridized carbons (Fsp3) is 1.00. The maximum atomic E-state index is 9.81. The summed E-state index contributed by atoms with van der Waals surface area (Å²) in [5.74, 6) is 0.616. The summed E-state index contributed by atoms with van der Waals surface area (Å²) >= 11 is 0. The Hall–Kier alpha value is -0.0800. The van der Waals surface area contributed by atoms with E-state index < -0.39 is 0 Å². The van der Waals surface area contributed by atoms with Crippen molar-refractivity contribution in [3.05, 3.63) is 0 Å². The smallest absolute Gasteiger partial charge is 0.0721 e. The minimum Gasteiger partial charge on any atom is -0.391 e. The summed E-state index contributed by atoms with van der Waals surface area (Å²) in [6.45, 7) is 1.11. The molecule has 1 unspecified atom stereocenters.